The maximum Gasteiger partial charge on any atom is 0.0669 e. The van der Waals surface area contributed by atoms with Crippen LogP contribution in [0, 0.1) is 0 Å². The van der Waals surface area contributed by atoms with Gasteiger partial charge in [-0.25, -0.2) is 0 Å². The molecule has 4 nitrogen and oxygen atoms in total. The Bertz CT molecular complexity index is 328. The molecular weight excluding hydrogens is 214 g/mol. The van der Waals surface area contributed by atoms with Crippen molar-refractivity contribution in [2.75, 3.05) is 13.7 Å². The molecule has 0 fully saturated rings. The predicted octanol–water partition coefficient (Wildman–Crippen LogP) is 2.37. The molecule has 1 aromatic rings. The van der Waals surface area contributed by atoms with Gasteiger partial charge >= 0.3 is 0 Å². The van der Waals surface area contributed by atoms with Gasteiger partial charge in [-0.15, -0.1) is 0 Å². The fourth-order valence-electron chi connectivity index (χ4n) is 1.59. The van der Waals surface area contributed by atoms with Crippen molar-refractivity contribution in [1.82, 2.24) is 15.1 Å². The molecule has 0 aliphatic rings. The second-order valence-corrected chi connectivity index (χ2v) is 5.30. The fraction of sp³-hybridized carbons (Fsp3) is 0.769. The Morgan fingerprint density at radius 3 is 2.71 bits per heavy atom. The maximum absolute atomic E-state index is 5.81. The predicted molar refractivity (Wildman–Crippen MR) is 70.0 cm³/mol. The molecule has 1 atom stereocenters. The summed E-state index contributed by atoms with van der Waals surface area (Å²) in [5.41, 5.74) is 1.08. The SMILES string of the molecule is CCCn1cc(C(COC(C)(C)C)NC)cn1. The molecule has 4 heteroatoms. The summed E-state index contributed by atoms with van der Waals surface area (Å²) in [5, 5.41) is 7.61. The second-order valence-electron chi connectivity index (χ2n) is 5.30. The third kappa shape index (κ3) is 4.88. The van der Waals surface area contributed by atoms with Crippen LogP contribution >= 0.6 is 0 Å². The largest absolute Gasteiger partial charge is 0.374 e. The van der Waals surface area contributed by atoms with Crippen molar-refractivity contribution < 1.29 is 4.74 Å². The van der Waals surface area contributed by atoms with Crippen LogP contribution in [0.4, 0.5) is 0 Å². The number of hydrogen-bond acceptors (Lipinski definition) is 3. The smallest absolute Gasteiger partial charge is 0.0669 e. The van der Waals surface area contributed by atoms with Gasteiger partial charge in [0.05, 0.1) is 24.4 Å². The van der Waals surface area contributed by atoms with Crippen molar-refractivity contribution in [3.05, 3.63) is 18.0 Å². The molecule has 1 N–H and O–H groups in total. The van der Waals surface area contributed by atoms with Crippen LogP contribution in [0.5, 0.6) is 0 Å². The average Bonchev–Trinajstić information content (AvgIpc) is 2.66. The van der Waals surface area contributed by atoms with E-state index in [4.69, 9.17) is 4.74 Å². The normalized spacial score (nSPS) is 13.9. The molecule has 1 unspecified atom stereocenters. The van der Waals surface area contributed by atoms with E-state index in [1.54, 1.807) is 0 Å². The minimum atomic E-state index is -0.103. The zero-order valence-corrected chi connectivity index (χ0v) is 11.7. The van der Waals surface area contributed by atoms with E-state index >= 15 is 0 Å². The first-order valence-electron chi connectivity index (χ1n) is 6.30. The van der Waals surface area contributed by atoms with Crippen LogP contribution in [-0.2, 0) is 11.3 Å². The first-order valence-corrected chi connectivity index (χ1v) is 6.30. The highest BCUT2D eigenvalue weighted by atomic mass is 16.5. The number of nitrogens with zero attached hydrogens (tertiary/aromatic N) is 2. The summed E-state index contributed by atoms with van der Waals surface area (Å²) in [5.74, 6) is 0. The van der Waals surface area contributed by atoms with E-state index in [9.17, 15) is 0 Å². The van der Waals surface area contributed by atoms with Gasteiger partial charge in [0.2, 0.25) is 0 Å². The van der Waals surface area contributed by atoms with Crippen molar-refractivity contribution in [2.24, 2.45) is 0 Å². The number of hydrogen-bond donors (Lipinski definition) is 1. The lowest BCUT2D eigenvalue weighted by Crippen LogP contribution is -2.28. The van der Waals surface area contributed by atoms with Crippen LogP contribution in [-0.4, -0.2) is 29.0 Å². The molecule has 1 rings (SSSR count). The first-order chi connectivity index (χ1) is 7.96. The summed E-state index contributed by atoms with van der Waals surface area (Å²) in [6.45, 7) is 9.99. The Morgan fingerprint density at radius 2 is 2.18 bits per heavy atom. The van der Waals surface area contributed by atoms with E-state index in [0.29, 0.717) is 6.61 Å². The van der Waals surface area contributed by atoms with Gasteiger partial charge in [0.1, 0.15) is 0 Å². The van der Waals surface area contributed by atoms with Crippen molar-refractivity contribution in [3.8, 4) is 0 Å². The Labute approximate surface area is 104 Å². The lowest BCUT2D eigenvalue weighted by molar-refractivity contribution is -0.0139. The molecule has 0 amide bonds. The topological polar surface area (TPSA) is 39.1 Å². The number of aryl methyl sites for hydroxylation is 1. The van der Waals surface area contributed by atoms with Crippen LogP contribution in [0.1, 0.15) is 45.7 Å². The lowest BCUT2D eigenvalue weighted by atomic mass is 10.1. The molecule has 1 aromatic heterocycles. The van der Waals surface area contributed by atoms with Crippen LogP contribution in [0.25, 0.3) is 0 Å². The van der Waals surface area contributed by atoms with Crippen molar-refractivity contribution in [2.45, 2.75) is 52.3 Å². The van der Waals surface area contributed by atoms with Gasteiger partial charge in [-0.2, -0.15) is 5.10 Å². The third-order valence-corrected chi connectivity index (χ3v) is 2.54. The summed E-state index contributed by atoms with van der Waals surface area (Å²) >= 11 is 0. The Balaban J connectivity index is 2.59. The lowest BCUT2D eigenvalue weighted by Gasteiger charge is -2.23. The van der Waals surface area contributed by atoms with E-state index in [1.807, 2.05) is 17.9 Å². The van der Waals surface area contributed by atoms with E-state index in [1.165, 1.54) is 5.56 Å². The molecule has 0 saturated heterocycles. The van der Waals surface area contributed by atoms with E-state index < -0.39 is 0 Å². The Kier molecular flexibility index (Phi) is 5.15. The highest BCUT2D eigenvalue weighted by Crippen LogP contribution is 2.16. The van der Waals surface area contributed by atoms with Gasteiger partial charge in [-0.1, -0.05) is 6.92 Å². The number of ether oxygens (including phenoxy) is 1. The van der Waals surface area contributed by atoms with Crippen LogP contribution in [0.3, 0.4) is 0 Å². The summed E-state index contributed by atoms with van der Waals surface area (Å²) in [6.07, 6.45) is 5.11. The summed E-state index contributed by atoms with van der Waals surface area (Å²) in [4.78, 5) is 0. The van der Waals surface area contributed by atoms with E-state index in [2.05, 4.69) is 44.3 Å². The monoisotopic (exact) mass is 239 g/mol. The minimum Gasteiger partial charge on any atom is -0.374 e. The molecule has 0 aliphatic heterocycles. The molecule has 17 heavy (non-hydrogen) atoms. The molecule has 0 radical (unpaired) electrons. The van der Waals surface area contributed by atoms with Crippen molar-refractivity contribution in [1.29, 1.82) is 0 Å². The molecule has 0 spiro atoms. The third-order valence-electron chi connectivity index (χ3n) is 2.54. The van der Waals surface area contributed by atoms with Crippen LogP contribution in [0.15, 0.2) is 12.4 Å². The average molecular weight is 239 g/mol. The van der Waals surface area contributed by atoms with Gasteiger partial charge in [-0.05, 0) is 34.2 Å². The van der Waals surface area contributed by atoms with E-state index in [-0.39, 0.29) is 11.6 Å². The summed E-state index contributed by atoms with van der Waals surface area (Å²) < 4.78 is 7.79. The number of nitrogens with one attached hydrogen (secondary N) is 1. The Hall–Kier alpha value is -0.870. The summed E-state index contributed by atoms with van der Waals surface area (Å²) in [6, 6.07) is 0.208. The summed E-state index contributed by atoms with van der Waals surface area (Å²) in [7, 11) is 1.95. The van der Waals surface area contributed by atoms with Crippen molar-refractivity contribution >= 4 is 0 Å². The van der Waals surface area contributed by atoms with Gasteiger partial charge in [0.25, 0.3) is 0 Å². The van der Waals surface area contributed by atoms with Gasteiger partial charge in [0.15, 0.2) is 0 Å². The zero-order valence-electron chi connectivity index (χ0n) is 11.7. The second kappa shape index (κ2) is 6.17. The van der Waals surface area contributed by atoms with Crippen LogP contribution in [0.2, 0.25) is 0 Å². The fourth-order valence-corrected chi connectivity index (χ4v) is 1.59. The quantitative estimate of drug-likeness (QED) is 0.828. The van der Waals surface area contributed by atoms with Gasteiger partial charge in [-0.3, -0.25) is 4.68 Å². The molecular formula is C13H25N3O. The molecule has 98 valence electrons. The Morgan fingerprint density at radius 1 is 1.47 bits per heavy atom. The van der Waals surface area contributed by atoms with Gasteiger partial charge < -0.3 is 10.1 Å². The molecule has 0 aromatic carbocycles. The standard InChI is InChI=1S/C13H25N3O/c1-6-7-16-9-11(8-15-16)12(14-5)10-17-13(2,3)4/h8-9,12,14H,6-7,10H2,1-5H3. The molecule has 0 aliphatic carbocycles. The molecule has 0 bridgehead atoms. The highest BCUT2D eigenvalue weighted by Gasteiger charge is 2.16. The van der Waals surface area contributed by atoms with E-state index in [0.717, 1.165) is 13.0 Å². The number of likely N-dealkylation sites (N-methyl/N-ethyl adjacent to an activating group) is 1. The first kappa shape index (κ1) is 14.2. The van der Waals surface area contributed by atoms with Crippen LogP contribution < -0.4 is 5.32 Å². The number of rotatable bonds is 6. The molecule has 0 saturated carbocycles. The van der Waals surface area contributed by atoms with Gasteiger partial charge in [0, 0.05) is 18.3 Å². The zero-order chi connectivity index (χ0) is 12.9. The highest BCUT2D eigenvalue weighted by molar-refractivity contribution is 5.10. The minimum absolute atomic E-state index is 0.103. The maximum atomic E-state index is 5.81. The number of aromatic nitrogens is 2. The molecule has 1 heterocycles. The van der Waals surface area contributed by atoms with Crippen molar-refractivity contribution in [3.63, 3.8) is 0 Å².